The van der Waals surface area contributed by atoms with E-state index in [0.717, 1.165) is 45.3 Å². The fourth-order valence-electron chi connectivity index (χ4n) is 3.44. The Bertz CT molecular complexity index is 1070. The van der Waals surface area contributed by atoms with Gasteiger partial charge in [-0.15, -0.1) is 11.3 Å². The molecule has 1 amide bonds. The fourth-order valence-corrected chi connectivity index (χ4v) is 5.40. The average Bonchev–Trinajstić information content (AvgIpc) is 3.00. The van der Waals surface area contributed by atoms with E-state index >= 15 is 0 Å². The lowest BCUT2D eigenvalue weighted by Gasteiger charge is -2.30. The first-order valence-corrected chi connectivity index (χ1v) is 11.7. The van der Waals surface area contributed by atoms with E-state index in [-0.39, 0.29) is 11.4 Å². The van der Waals surface area contributed by atoms with Crippen molar-refractivity contribution in [3.63, 3.8) is 0 Å². The molecule has 0 saturated heterocycles. The summed E-state index contributed by atoms with van der Waals surface area (Å²) in [4.78, 5) is 23.8. The lowest BCUT2D eigenvalue weighted by molar-refractivity contribution is -0.115. The van der Waals surface area contributed by atoms with E-state index in [4.69, 9.17) is 5.73 Å². The van der Waals surface area contributed by atoms with Crippen LogP contribution in [0.3, 0.4) is 0 Å². The number of anilines is 1. The van der Waals surface area contributed by atoms with Gasteiger partial charge in [-0.25, -0.2) is 0 Å². The topological polar surface area (TPSA) is 79.8 Å². The molecular formula is C23H24N4OS2. The average molecular weight is 437 g/mol. The van der Waals surface area contributed by atoms with Crippen LogP contribution in [-0.2, 0) is 16.8 Å². The molecule has 0 saturated carbocycles. The van der Waals surface area contributed by atoms with Crippen molar-refractivity contribution in [1.82, 2.24) is 0 Å². The first kappa shape index (κ1) is 20.6. The number of allylic oxidation sites excluding steroid dienone is 3. The van der Waals surface area contributed by atoms with Gasteiger partial charge >= 0.3 is 0 Å². The number of carbonyl (C=O) groups is 1. The number of carbonyl (C=O) groups excluding carboxylic acids is 1. The van der Waals surface area contributed by atoms with Gasteiger partial charge in [-0.1, -0.05) is 36.0 Å². The number of rotatable bonds is 5. The smallest absolute Gasteiger partial charge is 0.229 e. The molecule has 2 aliphatic heterocycles. The molecule has 3 N–H and O–H groups in total. The maximum Gasteiger partial charge on any atom is 0.229 e. The molecule has 7 heteroatoms. The predicted molar refractivity (Wildman–Crippen MR) is 129 cm³/mol. The first-order valence-electron chi connectivity index (χ1n) is 9.89. The van der Waals surface area contributed by atoms with Gasteiger partial charge < -0.3 is 11.1 Å². The van der Waals surface area contributed by atoms with E-state index in [2.05, 4.69) is 28.3 Å². The minimum Gasteiger partial charge on any atom is -0.379 e. The van der Waals surface area contributed by atoms with Gasteiger partial charge in [-0.05, 0) is 55.7 Å². The highest BCUT2D eigenvalue weighted by Gasteiger charge is 2.29. The van der Waals surface area contributed by atoms with Gasteiger partial charge in [0.25, 0.3) is 0 Å². The lowest BCUT2D eigenvalue weighted by Crippen LogP contribution is -2.28. The van der Waals surface area contributed by atoms with Crippen molar-refractivity contribution in [2.75, 3.05) is 11.1 Å². The molecule has 2 aromatic rings. The SMILES string of the molecule is CC1(c2cccc(NC(=O)Cc3ccc(C4=NC=CCC=C4)s3)c2)CCSC(N)=N1. The quantitative estimate of drug-likeness (QED) is 0.702. The monoisotopic (exact) mass is 436 g/mol. The van der Waals surface area contributed by atoms with E-state index in [9.17, 15) is 4.79 Å². The summed E-state index contributed by atoms with van der Waals surface area (Å²) in [6.45, 7) is 2.09. The van der Waals surface area contributed by atoms with Crippen molar-refractivity contribution in [2.45, 2.75) is 31.7 Å². The van der Waals surface area contributed by atoms with Crippen LogP contribution in [0.4, 0.5) is 5.69 Å². The Balaban J connectivity index is 1.43. The van der Waals surface area contributed by atoms with E-state index in [1.165, 1.54) is 0 Å². The van der Waals surface area contributed by atoms with Crippen LogP contribution >= 0.6 is 23.1 Å². The highest BCUT2D eigenvalue weighted by atomic mass is 32.2. The summed E-state index contributed by atoms with van der Waals surface area (Å²) in [5.41, 5.74) is 8.38. The highest BCUT2D eigenvalue weighted by molar-refractivity contribution is 8.13. The Morgan fingerprint density at radius 1 is 1.27 bits per heavy atom. The Morgan fingerprint density at radius 2 is 2.17 bits per heavy atom. The van der Waals surface area contributed by atoms with Crippen LogP contribution in [-0.4, -0.2) is 22.5 Å². The summed E-state index contributed by atoms with van der Waals surface area (Å²) >= 11 is 3.19. The van der Waals surface area contributed by atoms with Crippen LogP contribution in [0, 0.1) is 0 Å². The molecule has 5 nitrogen and oxygen atoms in total. The van der Waals surface area contributed by atoms with Crippen molar-refractivity contribution in [3.8, 4) is 0 Å². The van der Waals surface area contributed by atoms with Gasteiger partial charge in [-0.2, -0.15) is 0 Å². The van der Waals surface area contributed by atoms with Crippen LogP contribution in [0.25, 0.3) is 0 Å². The highest BCUT2D eigenvalue weighted by Crippen LogP contribution is 2.35. The van der Waals surface area contributed by atoms with Crippen molar-refractivity contribution < 1.29 is 4.79 Å². The number of amides is 1. The number of benzene rings is 1. The lowest BCUT2D eigenvalue weighted by atomic mass is 9.89. The molecule has 1 unspecified atom stereocenters. The Hall–Kier alpha value is -2.64. The number of nitrogens with zero attached hydrogens (tertiary/aromatic N) is 2. The molecule has 30 heavy (non-hydrogen) atoms. The zero-order valence-electron chi connectivity index (χ0n) is 16.8. The molecule has 154 valence electrons. The van der Waals surface area contributed by atoms with Gasteiger partial charge in [0, 0.05) is 22.5 Å². The van der Waals surface area contributed by atoms with E-state index < -0.39 is 0 Å². The van der Waals surface area contributed by atoms with Crippen LogP contribution < -0.4 is 11.1 Å². The number of thioether (sulfide) groups is 1. The summed E-state index contributed by atoms with van der Waals surface area (Å²) in [7, 11) is 0. The van der Waals surface area contributed by atoms with Crippen LogP contribution in [0.2, 0.25) is 0 Å². The number of thiophene rings is 1. The van der Waals surface area contributed by atoms with Gasteiger partial charge in [0.2, 0.25) is 5.91 Å². The second kappa shape index (κ2) is 9.02. The maximum atomic E-state index is 12.6. The Kier molecular flexibility index (Phi) is 6.20. The summed E-state index contributed by atoms with van der Waals surface area (Å²) in [5.74, 6) is 0.908. The van der Waals surface area contributed by atoms with Gasteiger partial charge in [0.05, 0.1) is 22.5 Å². The van der Waals surface area contributed by atoms with Crippen molar-refractivity contribution in [3.05, 3.63) is 76.1 Å². The zero-order chi connectivity index (χ0) is 21.0. The number of hydrogen-bond donors (Lipinski definition) is 2. The minimum absolute atomic E-state index is 0.0360. The minimum atomic E-state index is -0.347. The summed E-state index contributed by atoms with van der Waals surface area (Å²) in [6.07, 6.45) is 10.1. The van der Waals surface area contributed by atoms with Gasteiger partial charge in [0.15, 0.2) is 5.17 Å². The number of nitrogens with two attached hydrogens (primary N) is 1. The Morgan fingerprint density at radius 3 is 3.03 bits per heavy atom. The normalized spacial score (nSPS) is 21.0. The second-order valence-corrected chi connectivity index (χ2v) is 9.71. The second-order valence-electron chi connectivity index (χ2n) is 7.43. The third-order valence-corrected chi connectivity index (χ3v) is 6.98. The number of nitrogens with one attached hydrogen (secondary N) is 1. The van der Waals surface area contributed by atoms with Crippen molar-refractivity contribution >= 4 is 45.6 Å². The number of aliphatic imine (C=N–C) groups is 2. The van der Waals surface area contributed by atoms with Crippen LogP contribution in [0.15, 0.2) is 70.8 Å². The van der Waals surface area contributed by atoms with Crippen molar-refractivity contribution in [1.29, 1.82) is 0 Å². The molecule has 0 fully saturated rings. The molecule has 0 aliphatic carbocycles. The molecule has 1 aromatic carbocycles. The summed E-state index contributed by atoms with van der Waals surface area (Å²) in [6, 6.07) is 11.9. The van der Waals surface area contributed by atoms with Gasteiger partial charge in [-0.3, -0.25) is 14.8 Å². The molecule has 3 heterocycles. The van der Waals surface area contributed by atoms with E-state index in [1.807, 2.05) is 54.8 Å². The molecular weight excluding hydrogens is 412 g/mol. The van der Waals surface area contributed by atoms with Crippen LogP contribution in [0.1, 0.15) is 35.1 Å². The zero-order valence-corrected chi connectivity index (χ0v) is 18.4. The largest absolute Gasteiger partial charge is 0.379 e. The van der Waals surface area contributed by atoms with Gasteiger partial charge in [0.1, 0.15) is 0 Å². The summed E-state index contributed by atoms with van der Waals surface area (Å²) < 4.78 is 0. The molecule has 1 atom stereocenters. The number of amidine groups is 1. The fraction of sp³-hybridized carbons (Fsp3) is 0.261. The third-order valence-electron chi connectivity index (χ3n) is 5.08. The molecule has 2 aliphatic rings. The van der Waals surface area contributed by atoms with E-state index in [1.54, 1.807) is 23.1 Å². The van der Waals surface area contributed by atoms with Crippen molar-refractivity contribution in [2.24, 2.45) is 15.7 Å². The number of hydrogen-bond acceptors (Lipinski definition) is 6. The third kappa shape index (κ3) is 4.91. The van der Waals surface area contributed by atoms with E-state index in [0.29, 0.717) is 11.6 Å². The first-order chi connectivity index (χ1) is 14.5. The summed E-state index contributed by atoms with van der Waals surface area (Å²) in [5, 5.41) is 3.65. The molecule has 0 spiro atoms. The molecule has 0 radical (unpaired) electrons. The molecule has 4 rings (SSSR count). The maximum absolute atomic E-state index is 12.6. The standard InChI is InChI=1S/C23H24N4OS2/c1-23(11-13-29-22(24)27-23)16-6-5-7-17(14-16)26-21(28)15-18-9-10-20(30-18)19-8-3-2-4-12-25-19/h3-10,12,14H,2,11,13,15H2,1H3,(H2,24,27)(H,26,28). The molecule has 1 aromatic heterocycles. The predicted octanol–water partition coefficient (Wildman–Crippen LogP) is 4.86. The van der Waals surface area contributed by atoms with Crippen LogP contribution in [0.5, 0.6) is 0 Å². The molecule has 0 bridgehead atoms. The Labute approximate surface area is 184 Å².